The topological polar surface area (TPSA) is 62.7 Å². The molecule has 0 unspecified atom stereocenters. The minimum Gasteiger partial charge on any atom is -0.466 e. The fraction of sp³-hybridized carbons (Fsp3) is 0.600. The molecular formula is C15H26IN3O2S. The maximum absolute atomic E-state index is 11.2. The molecule has 1 heterocycles. The number of thiophene rings is 1. The van der Waals surface area contributed by atoms with Crippen LogP contribution in [0.1, 0.15) is 36.4 Å². The Labute approximate surface area is 154 Å². The Hall–Kier alpha value is -0.830. The molecular weight excluding hydrogens is 413 g/mol. The highest BCUT2D eigenvalue weighted by molar-refractivity contribution is 14.0. The molecule has 0 radical (unpaired) electrons. The molecule has 7 heteroatoms. The first-order chi connectivity index (χ1) is 10.2. The summed E-state index contributed by atoms with van der Waals surface area (Å²) in [6, 6.07) is 4.21. The number of guanidine groups is 1. The highest BCUT2D eigenvalue weighted by Gasteiger charge is 2.02. The molecule has 0 aliphatic carbocycles. The first-order valence-corrected chi connectivity index (χ1v) is 8.20. The summed E-state index contributed by atoms with van der Waals surface area (Å²) >= 11 is 1.76. The maximum Gasteiger partial charge on any atom is 0.305 e. The van der Waals surface area contributed by atoms with E-state index in [1.54, 1.807) is 11.3 Å². The largest absolute Gasteiger partial charge is 0.466 e. The Bertz CT molecular complexity index is 463. The lowest BCUT2D eigenvalue weighted by molar-refractivity contribution is -0.143. The van der Waals surface area contributed by atoms with E-state index < -0.39 is 0 Å². The van der Waals surface area contributed by atoms with Gasteiger partial charge in [0.15, 0.2) is 5.96 Å². The second-order valence-corrected chi connectivity index (χ2v) is 5.92. The van der Waals surface area contributed by atoms with E-state index >= 15 is 0 Å². The number of hydrogen-bond acceptors (Lipinski definition) is 4. The highest BCUT2D eigenvalue weighted by atomic mass is 127. The molecule has 0 aliphatic heterocycles. The van der Waals surface area contributed by atoms with Gasteiger partial charge in [-0.2, -0.15) is 0 Å². The van der Waals surface area contributed by atoms with Gasteiger partial charge < -0.3 is 15.4 Å². The lowest BCUT2D eigenvalue weighted by Crippen LogP contribution is -2.37. The number of aryl methyl sites for hydroxylation is 1. The van der Waals surface area contributed by atoms with Crippen LogP contribution in [0.2, 0.25) is 0 Å². The fourth-order valence-electron chi connectivity index (χ4n) is 1.74. The minimum absolute atomic E-state index is 0. The van der Waals surface area contributed by atoms with Gasteiger partial charge in [-0.3, -0.25) is 4.79 Å². The van der Waals surface area contributed by atoms with Crippen molar-refractivity contribution in [3.63, 3.8) is 0 Å². The van der Waals surface area contributed by atoms with Gasteiger partial charge in [0.1, 0.15) is 0 Å². The molecule has 126 valence electrons. The molecule has 2 N–H and O–H groups in total. The van der Waals surface area contributed by atoms with Gasteiger partial charge in [-0.05, 0) is 39.3 Å². The van der Waals surface area contributed by atoms with Crippen LogP contribution in [0.25, 0.3) is 0 Å². The lowest BCUT2D eigenvalue weighted by Gasteiger charge is -2.10. The number of carbonyl (C=O) groups excluding carboxylic acids is 1. The lowest BCUT2D eigenvalue weighted by atomic mass is 10.3. The Kier molecular flexibility index (Phi) is 12.2. The van der Waals surface area contributed by atoms with E-state index in [1.807, 2.05) is 13.8 Å². The van der Waals surface area contributed by atoms with Crippen LogP contribution in [-0.2, 0) is 16.1 Å². The van der Waals surface area contributed by atoms with Crippen molar-refractivity contribution < 1.29 is 9.53 Å². The predicted octanol–water partition coefficient (Wildman–Crippen LogP) is 3.07. The molecule has 0 aliphatic rings. The van der Waals surface area contributed by atoms with Crippen molar-refractivity contribution in [2.24, 2.45) is 4.99 Å². The second-order valence-electron chi connectivity index (χ2n) is 4.54. The molecule has 5 nitrogen and oxygen atoms in total. The average Bonchev–Trinajstić information content (AvgIpc) is 2.87. The second kappa shape index (κ2) is 12.7. The Morgan fingerprint density at radius 3 is 2.68 bits per heavy atom. The molecule has 0 aromatic carbocycles. The smallest absolute Gasteiger partial charge is 0.305 e. The third-order valence-electron chi connectivity index (χ3n) is 2.69. The van der Waals surface area contributed by atoms with Crippen LogP contribution in [0.3, 0.4) is 0 Å². The number of nitrogens with zero attached hydrogens (tertiary/aromatic N) is 1. The molecule has 22 heavy (non-hydrogen) atoms. The summed E-state index contributed by atoms with van der Waals surface area (Å²) in [4.78, 5) is 18.3. The predicted molar refractivity (Wildman–Crippen MR) is 103 cm³/mol. The van der Waals surface area contributed by atoms with E-state index in [1.165, 1.54) is 9.75 Å². The van der Waals surface area contributed by atoms with Crippen LogP contribution in [0.5, 0.6) is 0 Å². The molecule has 0 fully saturated rings. The van der Waals surface area contributed by atoms with Gasteiger partial charge in [0.25, 0.3) is 0 Å². The van der Waals surface area contributed by atoms with Gasteiger partial charge in [0.05, 0.1) is 13.2 Å². The number of halogens is 1. The molecule has 1 aromatic heterocycles. The summed E-state index contributed by atoms with van der Waals surface area (Å²) in [6.07, 6.45) is 1.17. The first-order valence-electron chi connectivity index (χ1n) is 7.38. The van der Waals surface area contributed by atoms with Crippen LogP contribution < -0.4 is 10.6 Å². The monoisotopic (exact) mass is 439 g/mol. The molecule has 0 saturated heterocycles. The van der Waals surface area contributed by atoms with Gasteiger partial charge >= 0.3 is 5.97 Å². The minimum atomic E-state index is -0.143. The van der Waals surface area contributed by atoms with Gasteiger partial charge in [-0.1, -0.05) is 0 Å². The molecule has 0 bridgehead atoms. The van der Waals surface area contributed by atoms with E-state index in [0.717, 1.165) is 18.9 Å². The van der Waals surface area contributed by atoms with E-state index in [0.29, 0.717) is 26.1 Å². The van der Waals surface area contributed by atoms with Crippen LogP contribution in [0.15, 0.2) is 17.1 Å². The normalized spacial score (nSPS) is 10.8. The quantitative estimate of drug-likeness (QED) is 0.215. The summed E-state index contributed by atoms with van der Waals surface area (Å²) in [5.41, 5.74) is 0. The number of rotatable bonds is 8. The van der Waals surface area contributed by atoms with Crippen molar-refractivity contribution in [1.29, 1.82) is 0 Å². The van der Waals surface area contributed by atoms with E-state index in [2.05, 4.69) is 34.7 Å². The number of carbonyl (C=O) groups is 1. The first kappa shape index (κ1) is 21.2. The number of hydrogen-bond donors (Lipinski definition) is 2. The summed E-state index contributed by atoms with van der Waals surface area (Å²) in [5.74, 6) is 0.641. The van der Waals surface area contributed by atoms with Crippen LogP contribution in [0, 0.1) is 6.92 Å². The van der Waals surface area contributed by atoms with Gasteiger partial charge in [0.2, 0.25) is 0 Å². The van der Waals surface area contributed by atoms with Gasteiger partial charge in [-0.15, -0.1) is 35.3 Å². The summed E-state index contributed by atoms with van der Waals surface area (Å²) in [6.45, 7) is 8.57. The van der Waals surface area contributed by atoms with E-state index in [4.69, 9.17) is 4.74 Å². The molecule has 0 amide bonds. The zero-order valence-electron chi connectivity index (χ0n) is 13.5. The number of nitrogens with one attached hydrogen (secondary N) is 2. The number of ether oxygens (including phenoxy) is 1. The fourth-order valence-corrected chi connectivity index (χ4v) is 2.56. The number of aliphatic imine (C=N–C) groups is 1. The molecule has 1 rings (SSSR count). The standard InChI is InChI=1S/C15H25N3O2S.HI/c1-4-16-15(17-10-6-7-14(19)20-5-2)18-11-13-9-8-12(3)21-13;/h8-9H,4-7,10-11H2,1-3H3,(H2,16,17,18);1H. The zero-order chi connectivity index (χ0) is 15.5. The Morgan fingerprint density at radius 2 is 2.09 bits per heavy atom. The molecule has 1 aromatic rings. The SMILES string of the molecule is CCNC(=NCc1ccc(C)s1)NCCCC(=O)OCC.I. The van der Waals surface area contributed by atoms with Crippen molar-refractivity contribution in [2.75, 3.05) is 19.7 Å². The van der Waals surface area contributed by atoms with Gasteiger partial charge in [0, 0.05) is 29.3 Å². The molecule has 0 saturated carbocycles. The maximum atomic E-state index is 11.2. The van der Waals surface area contributed by atoms with E-state index in [9.17, 15) is 4.79 Å². The van der Waals surface area contributed by atoms with Crippen LogP contribution >= 0.6 is 35.3 Å². The van der Waals surface area contributed by atoms with Crippen molar-refractivity contribution in [1.82, 2.24) is 10.6 Å². The summed E-state index contributed by atoms with van der Waals surface area (Å²) < 4.78 is 4.89. The van der Waals surface area contributed by atoms with Crippen molar-refractivity contribution in [2.45, 2.75) is 40.2 Å². The Morgan fingerprint density at radius 1 is 1.32 bits per heavy atom. The molecule has 0 spiro atoms. The highest BCUT2D eigenvalue weighted by Crippen LogP contribution is 2.15. The van der Waals surface area contributed by atoms with Crippen LogP contribution in [0.4, 0.5) is 0 Å². The average molecular weight is 439 g/mol. The third-order valence-corrected chi connectivity index (χ3v) is 3.67. The summed E-state index contributed by atoms with van der Waals surface area (Å²) in [5, 5.41) is 6.43. The van der Waals surface area contributed by atoms with Crippen molar-refractivity contribution in [3.8, 4) is 0 Å². The number of esters is 1. The molecule has 0 atom stereocenters. The van der Waals surface area contributed by atoms with Gasteiger partial charge in [-0.25, -0.2) is 4.99 Å². The zero-order valence-corrected chi connectivity index (χ0v) is 16.6. The van der Waals surface area contributed by atoms with Crippen LogP contribution in [-0.4, -0.2) is 31.6 Å². The van der Waals surface area contributed by atoms with Crippen molar-refractivity contribution in [3.05, 3.63) is 21.9 Å². The summed E-state index contributed by atoms with van der Waals surface area (Å²) in [7, 11) is 0. The van der Waals surface area contributed by atoms with Crippen molar-refractivity contribution >= 4 is 47.2 Å². The van der Waals surface area contributed by atoms with E-state index in [-0.39, 0.29) is 29.9 Å². The Balaban J connectivity index is 0.00000441. The third kappa shape index (κ3) is 9.24.